The van der Waals surface area contributed by atoms with Crippen molar-refractivity contribution in [1.29, 1.82) is 0 Å². The molecule has 0 N–H and O–H groups in total. The molecule has 4 heteroatoms. The molecule has 1 aliphatic heterocycles. The van der Waals surface area contributed by atoms with Gasteiger partial charge in [-0.2, -0.15) is 10.1 Å². The van der Waals surface area contributed by atoms with Crippen molar-refractivity contribution in [3.05, 3.63) is 78.4 Å². The highest BCUT2D eigenvalue weighted by Gasteiger charge is 2.39. The van der Waals surface area contributed by atoms with Gasteiger partial charge in [0.15, 0.2) is 5.78 Å². The zero-order valence-electron chi connectivity index (χ0n) is 14.4. The molecule has 26 heavy (non-hydrogen) atoms. The molecule has 1 unspecified atom stereocenters. The summed E-state index contributed by atoms with van der Waals surface area (Å²) in [5.74, 6) is -1.21. The maximum atomic E-state index is 12.9. The Kier molecular flexibility index (Phi) is 4.09. The van der Waals surface area contributed by atoms with Crippen LogP contribution in [0.4, 0.5) is 5.69 Å². The van der Waals surface area contributed by atoms with Gasteiger partial charge in [-0.25, -0.2) is 0 Å². The van der Waals surface area contributed by atoms with Crippen LogP contribution in [0, 0.1) is 5.92 Å². The van der Waals surface area contributed by atoms with E-state index in [1.807, 2.05) is 72.8 Å². The van der Waals surface area contributed by atoms with Crippen LogP contribution in [0.2, 0.25) is 0 Å². The van der Waals surface area contributed by atoms with Gasteiger partial charge in [0.2, 0.25) is 0 Å². The second kappa shape index (κ2) is 6.56. The minimum absolute atomic E-state index is 0.119. The number of carbonyl (C=O) groups excluding carboxylic acids is 2. The van der Waals surface area contributed by atoms with Crippen LogP contribution in [-0.2, 0) is 16.0 Å². The SMILES string of the molecule is CC1=NN(c2ccccc2)C(=O)C1C(=O)Cc1cccc2ccccc12. The third kappa shape index (κ3) is 2.80. The Morgan fingerprint density at radius 2 is 1.65 bits per heavy atom. The number of benzene rings is 3. The highest BCUT2D eigenvalue weighted by atomic mass is 16.2. The van der Waals surface area contributed by atoms with Crippen LogP contribution >= 0.6 is 0 Å². The fourth-order valence-corrected chi connectivity index (χ4v) is 3.43. The molecule has 0 fully saturated rings. The number of nitrogens with zero attached hydrogens (tertiary/aromatic N) is 2. The lowest BCUT2D eigenvalue weighted by atomic mass is 9.92. The van der Waals surface area contributed by atoms with Crippen LogP contribution in [-0.4, -0.2) is 17.4 Å². The van der Waals surface area contributed by atoms with E-state index in [2.05, 4.69) is 5.10 Å². The number of ketones is 1. The van der Waals surface area contributed by atoms with Gasteiger partial charge in [0.25, 0.3) is 5.91 Å². The number of rotatable bonds is 4. The molecule has 1 atom stereocenters. The molecular weight excluding hydrogens is 324 g/mol. The lowest BCUT2D eigenvalue weighted by molar-refractivity contribution is -0.128. The number of Topliss-reactive ketones (excluding diaryl/α,β-unsaturated/α-hetero) is 1. The highest BCUT2D eigenvalue weighted by molar-refractivity contribution is 6.27. The standard InChI is InChI=1S/C22H18N2O2/c1-15-21(22(26)24(23-15)18-11-3-2-4-12-18)20(25)14-17-10-7-9-16-8-5-6-13-19(16)17/h2-13,21H,14H2,1H3. The van der Waals surface area contributed by atoms with Crippen LogP contribution in [0.25, 0.3) is 10.8 Å². The minimum atomic E-state index is -0.811. The summed E-state index contributed by atoms with van der Waals surface area (Å²) in [7, 11) is 0. The van der Waals surface area contributed by atoms with Gasteiger partial charge in [0, 0.05) is 6.42 Å². The van der Waals surface area contributed by atoms with Crippen molar-refractivity contribution in [1.82, 2.24) is 0 Å². The number of hydrogen-bond acceptors (Lipinski definition) is 3. The Morgan fingerprint density at radius 3 is 2.46 bits per heavy atom. The Hall–Kier alpha value is -3.27. The number of hydrazone groups is 1. The molecule has 1 aliphatic rings. The third-order valence-electron chi connectivity index (χ3n) is 4.70. The van der Waals surface area contributed by atoms with Gasteiger partial charge in [-0.15, -0.1) is 0 Å². The Labute approximate surface area is 151 Å². The summed E-state index contributed by atoms with van der Waals surface area (Å²) >= 11 is 0. The number of amides is 1. The van der Waals surface area contributed by atoms with E-state index in [1.54, 1.807) is 6.92 Å². The van der Waals surface area contributed by atoms with E-state index in [-0.39, 0.29) is 18.1 Å². The Balaban J connectivity index is 1.61. The lowest BCUT2D eigenvalue weighted by Crippen LogP contribution is -2.33. The Bertz CT molecular complexity index is 1020. The molecule has 0 spiro atoms. The van der Waals surface area contributed by atoms with Crippen LogP contribution in [0.5, 0.6) is 0 Å². The van der Waals surface area contributed by atoms with E-state index >= 15 is 0 Å². The summed E-state index contributed by atoms with van der Waals surface area (Å²) in [6.45, 7) is 1.74. The van der Waals surface area contributed by atoms with E-state index in [0.717, 1.165) is 16.3 Å². The highest BCUT2D eigenvalue weighted by Crippen LogP contribution is 2.26. The van der Waals surface area contributed by atoms with Gasteiger partial charge in [0.05, 0.1) is 11.4 Å². The first-order valence-electron chi connectivity index (χ1n) is 8.58. The Morgan fingerprint density at radius 1 is 0.962 bits per heavy atom. The second-order valence-electron chi connectivity index (χ2n) is 6.44. The van der Waals surface area contributed by atoms with Crippen molar-refractivity contribution in [3.63, 3.8) is 0 Å². The summed E-state index contributed by atoms with van der Waals surface area (Å²) in [4.78, 5) is 25.7. The number of fused-ring (bicyclic) bond motifs is 1. The second-order valence-corrected chi connectivity index (χ2v) is 6.44. The number of carbonyl (C=O) groups is 2. The first-order chi connectivity index (χ1) is 12.6. The topological polar surface area (TPSA) is 49.7 Å². The minimum Gasteiger partial charge on any atom is -0.298 e. The molecule has 0 radical (unpaired) electrons. The monoisotopic (exact) mass is 342 g/mol. The van der Waals surface area contributed by atoms with Crippen LogP contribution in [0.15, 0.2) is 77.9 Å². The average molecular weight is 342 g/mol. The normalized spacial score (nSPS) is 16.8. The number of hydrogen-bond donors (Lipinski definition) is 0. The maximum absolute atomic E-state index is 12.9. The zero-order valence-corrected chi connectivity index (χ0v) is 14.4. The van der Waals surface area contributed by atoms with E-state index in [1.165, 1.54) is 5.01 Å². The van der Waals surface area contributed by atoms with E-state index < -0.39 is 5.92 Å². The molecule has 1 heterocycles. The molecule has 0 saturated heterocycles. The number of para-hydroxylation sites is 1. The molecule has 4 rings (SSSR count). The molecule has 0 saturated carbocycles. The van der Waals surface area contributed by atoms with Gasteiger partial charge in [-0.3, -0.25) is 9.59 Å². The van der Waals surface area contributed by atoms with Gasteiger partial charge in [-0.05, 0) is 35.4 Å². The predicted molar refractivity (Wildman–Crippen MR) is 103 cm³/mol. The average Bonchev–Trinajstić information content (AvgIpc) is 2.97. The van der Waals surface area contributed by atoms with Gasteiger partial charge in [-0.1, -0.05) is 60.7 Å². The van der Waals surface area contributed by atoms with Crippen molar-refractivity contribution in [2.24, 2.45) is 11.0 Å². The molecule has 0 aromatic heterocycles. The van der Waals surface area contributed by atoms with Crippen molar-refractivity contribution < 1.29 is 9.59 Å². The quantitative estimate of drug-likeness (QED) is 0.673. The molecule has 3 aromatic rings. The van der Waals surface area contributed by atoms with Gasteiger partial charge in [0.1, 0.15) is 5.92 Å². The molecule has 1 amide bonds. The summed E-state index contributed by atoms with van der Waals surface area (Å²) in [5, 5.41) is 7.79. The summed E-state index contributed by atoms with van der Waals surface area (Å²) < 4.78 is 0. The summed E-state index contributed by atoms with van der Waals surface area (Å²) in [6.07, 6.45) is 0.216. The van der Waals surface area contributed by atoms with Crippen LogP contribution in [0.1, 0.15) is 12.5 Å². The van der Waals surface area contributed by atoms with Crippen LogP contribution in [0.3, 0.4) is 0 Å². The smallest absolute Gasteiger partial charge is 0.263 e. The fourth-order valence-electron chi connectivity index (χ4n) is 3.43. The van der Waals surface area contributed by atoms with E-state index in [4.69, 9.17) is 0 Å². The largest absolute Gasteiger partial charge is 0.298 e. The zero-order chi connectivity index (χ0) is 18.1. The van der Waals surface area contributed by atoms with Crippen molar-refractivity contribution >= 4 is 33.9 Å². The van der Waals surface area contributed by atoms with Crippen molar-refractivity contribution in [2.75, 3.05) is 5.01 Å². The lowest BCUT2D eigenvalue weighted by Gasteiger charge is -2.14. The fraction of sp³-hybridized carbons (Fsp3) is 0.136. The maximum Gasteiger partial charge on any atom is 0.263 e. The molecule has 128 valence electrons. The van der Waals surface area contributed by atoms with E-state index in [9.17, 15) is 9.59 Å². The number of anilines is 1. The molecule has 4 nitrogen and oxygen atoms in total. The molecular formula is C22H18N2O2. The van der Waals surface area contributed by atoms with Crippen LogP contribution < -0.4 is 5.01 Å². The first kappa shape index (κ1) is 16.2. The summed E-state index contributed by atoms with van der Waals surface area (Å²) in [6, 6.07) is 23.1. The molecule has 0 bridgehead atoms. The van der Waals surface area contributed by atoms with Gasteiger partial charge >= 0.3 is 0 Å². The molecule has 3 aromatic carbocycles. The van der Waals surface area contributed by atoms with Crippen molar-refractivity contribution in [2.45, 2.75) is 13.3 Å². The van der Waals surface area contributed by atoms with E-state index in [0.29, 0.717) is 11.4 Å². The predicted octanol–water partition coefficient (Wildman–Crippen LogP) is 3.99. The summed E-state index contributed by atoms with van der Waals surface area (Å²) in [5.41, 5.74) is 2.16. The first-order valence-corrected chi connectivity index (χ1v) is 8.58. The van der Waals surface area contributed by atoms with Gasteiger partial charge < -0.3 is 0 Å². The molecule has 0 aliphatic carbocycles. The van der Waals surface area contributed by atoms with Crippen molar-refractivity contribution in [3.8, 4) is 0 Å². The third-order valence-corrected chi connectivity index (χ3v) is 4.70.